The van der Waals surface area contributed by atoms with Crippen LogP contribution in [0.15, 0.2) is 94.7 Å². The standard InChI is InChI=1S/C29H22ClN5O2S/c1-18-10-12-20(13-11-18)37-15-14-34-17-19(21-6-3-5-9-25(21)34)16-23-26(31)35-29(32-27(23)36)38-28(33-35)22-7-2-4-8-24(22)30/h2-13,16-17,31H,14-15H2,1H3. The van der Waals surface area contributed by atoms with Crippen molar-refractivity contribution < 1.29 is 9.53 Å². The Morgan fingerprint density at radius 1 is 1.05 bits per heavy atom. The van der Waals surface area contributed by atoms with Crippen LogP contribution < -0.4 is 4.74 Å². The summed E-state index contributed by atoms with van der Waals surface area (Å²) in [7, 11) is 0. The van der Waals surface area contributed by atoms with Gasteiger partial charge in [-0.3, -0.25) is 10.2 Å². The molecule has 0 radical (unpaired) electrons. The molecule has 0 unspecified atom stereocenters. The number of hydrazone groups is 1. The van der Waals surface area contributed by atoms with Crippen molar-refractivity contribution in [2.45, 2.75) is 13.5 Å². The number of ether oxygens (including phenoxy) is 1. The molecule has 0 spiro atoms. The fraction of sp³-hybridized carbons (Fsp3) is 0.103. The SMILES string of the molecule is Cc1ccc(OCCn2cc(C=C3C(=N)N4N=C(c5ccccc5Cl)SC4=NC3=O)c3ccccc32)cc1. The number of rotatable bonds is 6. The average molecular weight is 540 g/mol. The lowest BCUT2D eigenvalue weighted by molar-refractivity contribution is -0.114. The van der Waals surface area contributed by atoms with Crippen LogP contribution in [0.5, 0.6) is 5.75 Å². The minimum atomic E-state index is -0.469. The predicted octanol–water partition coefficient (Wildman–Crippen LogP) is 6.35. The lowest BCUT2D eigenvalue weighted by Gasteiger charge is -2.20. The Balaban J connectivity index is 1.28. The highest BCUT2D eigenvalue weighted by Gasteiger charge is 2.36. The van der Waals surface area contributed by atoms with Gasteiger partial charge in [-0.1, -0.05) is 65.7 Å². The number of nitrogens with one attached hydrogen (secondary N) is 1. The van der Waals surface area contributed by atoms with Crippen LogP contribution in [-0.2, 0) is 11.3 Å². The minimum Gasteiger partial charge on any atom is -0.492 e. The molecule has 1 aromatic heterocycles. The van der Waals surface area contributed by atoms with Crippen LogP contribution in [0.3, 0.4) is 0 Å². The number of carbonyl (C=O) groups excluding carboxylic acids is 1. The van der Waals surface area contributed by atoms with Gasteiger partial charge < -0.3 is 9.30 Å². The Morgan fingerprint density at radius 2 is 1.82 bits per heavy atom. The van der Waals surface area contributed by atoms with Gasteiger partial charge >= 0.3 is 0 Å². The Bertz CT molecular complexity index is 1690. The van der Waals surface area contributed by atoms with Crippen LogP contribution in [0, 0.1) is 12.3 Å². The van der Waals surface area contributed by atoms with Crippen molar-refractivity contribution >= 4 is 62.3 Å². The smallest absolute Gasteiger partial charge is 0.283 e. The molecule has 2 aliphatic rings. The van der Waals surface area contributed by atoms with E-state index in [-0.39, 0.29) is 11.4 Å². The maximum Gasteiger partial charge on any atom is 0.283 e. The van der Waals surface area contributed by atoms with Gasteiger partial charge in [-0.05, 0) is 49.0 Å². The number of amidine groups is 2. The maximum absolute atomic E-state index is 13.0. The number of hydrogen-bond acceptors (Lipinski definition) is 5. The number of hydrogen-bond donors (Lipinski definition) is 1. The summed E-state index contributed by atoms with van der Waals surface area (Å²) in [5.41, 5.74) is 3.94. The maximum atomic E-state index is 13.0. The average Bonchev–Trinajstić information content (AvgIpc) is 3.50. The van der Waals surface area contributed by atoms with Crippen molar-refractivity contribution in [1.82, 2.24) is 9.58 Å². The van der Waals surface area contributed by atoms with Gasteiger partial charge in [-0.15, -0.1) is 0 Å². The van der Waals surface area contributed by atoms with E-state index in [9.17, 15) is 4.79 Å². The van der Waals surface area contributed by atoms with Crippen molar-refractivity contribution in [1.29, 1.82) is 5.41 Å². The van der Waals surface area contributed by atoms with Gasteiger partial charge in [0.2, 0.25) is 5.17 Å². The normalized spacial score (nSPS) is 16.2. The zero-order chi connectivity index (χ0) is 26.2. The molecule has 0 bridgehead atoms. The molecule has 3 heterocycles. The molecule has 1 N–H and O–H groups in total. The van der Waals surface area contributed by atoms with Gasteiger partial charge in [0.05, 0.1) is 17.1 Å². The summed E-state index contributed by atoms with van der Waals surface area (Å²) >= 11 is 7.57. The minimum absolute atomic E-state index is 0.0194. The van der Waals surface area contributed by atoms with E-state index >= 15 is 0 Å². The van der Waals surface area contributed by atoms with E-state index in [4.69, 9.17) is 21.7 Å². The van der Waals surface area contributed by atoms with E-state index in [0.29, 0.717) is 28.4 Å². The van der Waals surface area contributed by atoms with Crippen LogP contribution in [0.25, 0.3) is 17.0 Å². The zero-order valence-electron chi connectivity index (χ0n) is 20.4. The summed E-state index contributed by atoms with van der Waals surface area (Å²) in [6, 6.07) is 23.3. The van der Waals surface area contributed by atoms with Gasteiger partial charge in [-0.2, -0.15) is 15.1 Å². The third-order valence-corrected chi connectivity index (χ3v) is 7.57. The molecule has 1 amide bonds. The number of halogens is 1. The number of benzene rings is 3. The van der Waals surface area contributed by atoms with Crippen LogP contribution >= 0.6 is 23.4 Å². The predicted molar refractivity (Wildman–Crippen MR) is 154 cm³/mol. The first-order chi connectivity index (χ1) is 18.5. The largest absolute Gasteiger partial charge is 0.492 e. The molecule has 4 aromatic rings. The first kappa shape index (κ1) is 24.2. The Morgan fingerprint density at radius 3 is 2.63 bits per heavy atom. The number of aromatic nitrogens is 1. The summed E-state index contributed by atoms with van der Waals surface area (Å²) in [5.74, 6) is 0.336. The number of nitrogens with zero attached hydrogens (tertiary/aromatic N) is 4. The highest BCUT2D eigenvalue weighted by atomic mass is 35.5. The van der Waals surface area contributed by atoms with E-state index < -0.39 is 5.91 Å². The molecule has 38 heavy (non-hydrogen) atoms. The van der Waals surface area contributed by atoms with E-state index in [1.54, 1.807) is 12.1 Å². The van der Waals surface area contributed by atoms with Crippen molar-refractivity contribution in [2.24, 2.45) is 10.1 Å². The van der Waals surface area contributed by atoms with Crippen molar-refractivity contribution in [3.63, 3.8) is 0 Å². The third-order valence-electron chi connectivity index (χ3n) is 6.30. The second-order valence-corrected chi connectivity index (χ2v) is 10.2. The molecule has 0 saturated heterocycles. The summed E-state index contributed by atoms with van der Waals surface area (Å²) in [6.45, 7) is 3.16. The fourth-order valence-corrected chi connectivity index (χ4v) is 5.57. The molecule has 3 aromatic carbocycles. The van der Waals surface area contributed by atoms with E-state index in [2.05, 4.69) is 14.7 Å². The monoisotopic (exact) mass is 539 g/mol. The molecule has 0 atom stereocenters. The first-order valence-electron chi connectivity index (χ1n) is 12.0. The highest BCUT2D eigenvalue weighted by Crippen LogP contribution is 2.33. The molecule has 0 fully saturated rings. The van der Waals surface area contributed by atoms with E-state index in [1.165, 1.54) is 22.3 Å². The van der Waals surface area contributed by atoms with Gasteiger partial charge in [0.1, 0.15) is 17.4 Å². The number of aliphatic imine (C=N–C) groups is 1. The number of amides is 1. The molecule has 2 aliphatic heterocycles. The summed E-state index contributed by atoms with van der Waals surface area (Å²) in [5, 5.41) is 17.2. The number of thioether (sulfide) groups is 1. The molecule has 6 rings (SSSR count). The van der Waals surface area contributed by atoms with Crippen LogP contribution in [0.4, 0.5) is 0 Å². The number of para-hydroxylation sites is 1. The zero-order valence-corrected chi connectivity index (χ0v) is 22.0. The van der Waals surface area contributed by atoms with Crippen molar-refractivity contribution in [3.8, 4) is 5.75 Å². The van der Waals surface area contributed by atoms with Crippen molar-refractivity contribution in [3.05, 3.63) is 106 Å². The third kappa shape index (κ3) is 4.53. The lowest BCUT2D eigenvalue weighted by atomic mass is 10.1. The molecule has 0 saturated carbocycles. The Hall–Kier alpha value is -4.14. The van der Waals surface area contributed by atoms with Gasteiger partial charge in [0, 0.05) is 28.2 Å². The molecule has 9 heteroatoms. The van der Waals surface area contributed by atoms with Crippen LogP contribution in [0.2, 0.25) is 5.02 Å². The quantitative estimate of drug-likeness (QED) is 0.289. The van der Waals surface area contributed by atoms with Crippen LogP contribution in [-0.4, -0.2) is 38.1 Å². The summed E-state index contributed by atoms with van der Waals surface area (Å²) in [4.78, 5) is 17.2. The highest BCUT2D eigenvalue weighted by molar-refractivity contribution is 8.27. The molecular formula is C29H22ClN5O2S. The number of carbonyl (C=O) groups is 1. The Kier molecular flexibility index (Phi) is 6.35. The van der Waals surface area contributed by atoms with Gasteiger partial charge in [0.25, 0.3) is 5.91 Å². The second kappa shape index (κ2) is 9.96. The molecule has 0 aliphatic carbocycles. The van der Waals surface area contributed by atoms with E-state index in [1.807, 2.05) is 79.9 Å². The Labute approximate surface area is 228 Å². The van der Waals surface area contributed by atoms with Gasteiger partial charge in [0.15, 0.2) is 5.84 Å². The summed E-state index contributed by atoms with van der Waals surface area (Å²) < 4.78 is 8.03. The van der Waals surface area contributed by atoms with E-state index in [0.717, 1.165) is 27.8 Å². The van der Waals surface area contributed by atoms with Crippen molar-refractivity contribution in [2.75, 3.05) is 6.61 Å². The number of aryl methyl sites for hydroxylation is 1. The molecule has 188 valence electrons. The summed E-state index contributed by atoms with van der Waals surface area (Å²) in [6.07, 6.45) is 3.70. The van der Waals surface area contributed by atoms with Crippen LogP contribution in [0.1, 0.15) is 16.7 Å². The first-order valence-corrected chi connectivity index (χ1v) is 13.2. The molecule has 7 nitrogen and oxygen atoms in total. The fourth-order valence-electron chi connectivity index (χ4n) is 4.36. The second-order valence-electron chi connectivity index (χ2n) is 8.86. The molecular weight excluding hydrogens is 518 g/mol. The number of fused-ring (bicyclic) bond motifs is 2. The topological polar surface area (TPSA) is 83.0 Å². The lowest BCUT2D eigenvalue weighted by Crippen LogP contribution is -2.35. The van der Waals surface area contributed by atoms with Gasteiger partial charge in [-0.25, -0.2) is 0 Å².